The number of halogens is 2. The van der Waals surface area contributed by atoms with Gasteiger partial charge in [0.25, 0.3) is 0 Å². The minimum atomic E-state index is -0.260. The summed E-state index contributed by atoms with van der Waals surface area (Å²) < 4.78 is 18.6. The van der Waals surface area contributed by atoms with Gasteiger partial charge in [-0.1, -0.05) is 31.5 Å². The Morgan fingerprint density at radius 3 is 2.72 bits per heavy atom. The molecule has 0 amide bonds. The minimum absolute atomic E-state index is 0.119. The van der Waals surface area contributed by atoms with Gasteiger partial charge in [0, 0.05) is 37.4 Å². The van der Waals surface area contributed by atoms with Crippen molar-refractivity contribution in [3.05, 3.63) is 34.6 Å². The third kappa shape index (κ3) is 4.92. The van der Waals surface area contributed by atoms with Crippen LogP contribution in [0.2, 0.25) is 5.02 Å². The van der Waals surface area contributed by atoms with E-state index >= 15 is 0 Å². The van der Waals surface area contributed by atoms with Gasteiger partial charge in [-0.3, -0.25) is 0 Å². The normalized spacial score (nSPS) is 11.8. The lowest BCUT2D eigenvalue weighted by Gasteiger charge is -2.24. The van der Waals surface area contributed by atoms with Crippen LogP contribution in [0.4, 0.5) is 4.39 Å². The maximum absolute atomic E-state index is 13.5. The first-order chi connectivity index (χ1) is 8.46. The number of rotatable bonds is 7. The Hall–Kier alpha value is -0.640. The van der Waals surface area contributed by atoms with Gasteiger partial charge in [0.2, 0.25) is 0 Å². The van der Waals surface area contributed by atoms with Crippen LogP contribution < -0.4 is 5.32 Å². The van der Waals surface area contributed by atoms with E-state index in [1.54, 1.807) is 19.2 Å². The van der Waals surface area contributed by atoms with Gasteiger partial charge in [0.05, 0.1) is 0 Å². The van der Waals surface area contributed by atoms with E-state index in [2.05, 4.69) is 19.2 Å². The summed E-state index contributed by atoms with van der Waals surface area (Å²) in [5, 5.41) is 3.72. The Bertz CT molecular complexity index is 362. The van der Waals surface area contributed by atoms with E-state index in [9.17, 15) is 4.39 Å². The zero-order chi connectivity index (χ0) is 13.6. The van der Waals surface area contributed by atoms with E-state index in [1.807, 2.05) is 0 Å². The molecule has 0 saturated carbocycles. The number of ether oxygens (including phenoxy) is 1. The van der Waals surface area contributed by atoms with Crippen molar-refractivity contribution in [2.24, 2.45) is 5.41 Å². The maximum atomic E-state index is 13.5. The number of methoxy groups -OCH3 is 1. The summed E-state index contributed by atoms with van der Waals surface area (Å²) in [6, 6.07) is 4.75. The Morgan fingerprint density at radius 2 is 2.11 bits per heavy atom. The highest BCUT2D eigenvalue weighted by Crippen LogP contribution is 2.21. The molecule has 4 heteroatoms. The van der Waals surface area contributed by atoms with Gasteiger partial charge < -0.3 is 10.1 Å². The molecule has 0 radical (unpaired) electrons. The Labute approximate surface area is 113 Å². The van der Waals surface area contributed by atoms with Crippen molar-refractivity contribution < 1.29 is 9.13 Å². The average molecular weight is 274 g/mol. The smallest absolute Gasteiger partial charge is 0.129 e. The standard InChI is InChI=1S/C14H21ClFNO/c1-14(2,7-8-18-3)10-17-9-11-12(15)5-4-6-13(11)16/h4-6,17H,7-10H2,1-3H3. The Morgan fingerprint density at radius 1 is 1.39 bits per heavy atom. The molecule has 0 spiro atoms. The van der Waals surface area contributed by atoms with Crippen LogP contribution in [0.15, 0.2) is 18.2 Å². The van der Waals surface area contributed by atoms with Crippen molar-refractivity contribution >= 4 is 11.6 Å². The molecule has 0 saturated heterocycles. The van der Waals surface area contributed by atoms with Crippen molar-refractivity contribution in [1.29, 1.82) is 0 Å². The highest BCUT2D eigenvalue weighted by atomic mass is 35.5. The molecule has 0 aromatic heterocycles. The molecule has 0 atom stereocenters. The van der Waals surface area contributed by atoms with Crippen molar-refractivity contribution in [2.45, 2.75) is 26.8 Å². The first-order valence-electron chi connectivity index (χ1n) is 6.09. The third-order valence-electron chi connectivity index (χ3n) is 2.95. The Kier molecular flexibility index (Phi) is 6.06. The molecule has 0 aliphatic rings. The van der Waals surface area contributed by atoms with Crippen molar-refractivity contribution in [1.82, 2.24) is 5.32 Å². The lowest BCUT2D eigenvalue weighted by atomic mass is 9.89. The van der Waals surface area contributed by atoms with Crippen molar-refractivity contribution in [3.63, 3.8) is 0 Å². The molecular weight excluding hydrogens is 253 g/mol. The summed E-state index contributed by atoms with van der Waals surface area (Å²) in [6.07, 6.45) is 0.960. The Balaban J connectivity index is 2.46. The predicted octanol–water partition coefficient (Wildman–Crippen LogP) is 3.63. The third-order valence-corrected chi connectivity index (χ3v) is 3.30. The van der Waals surface area contributed by atoms with E-state index in [4.69, 9.17) is 16.3 Å². The maximum Gasteiger partial charge on any atom is 0.129 e. The van der Waals surface area contributed by atoms with E-state index < -0.39 is 0 Å². The largest absolute Gasteiger partial charge is 0.385 e. The molecule has 0 fully saturated rings. The van der Waals surface area contributed by atoms with Crippen LogP contribution in [0.5, 0.6) is 0 Å². The number of hydrogen-bond donors (Lipinski definition) is 1. The molecule has 0 unspecified atom stereocenters. The minimum Gasteiger partial charge on any atom is -0.385 e. The zero-order valence-electron chi connectivity index (χ0n) is 11.2. The van der Waals surface area contributed by atoms with Gasteiger partial charge in [-0.2, -0.15) is 0 Å². The monoisotopic (exact) mass is 273 g/mol. The van der Waals surface area contributed by atoms with E-state index in [0.29, 0.717) is 17.1 Å². The summed E-state index contributed by atoms with van der Waals surface area (Å²) in [7, 11) is 1.70. The summed E-state index contributed by atoms with van der Waals surface area (Å²) in [6.45, 7) is 6.28. The summed E-state index contributed by atoms with van der Waals surface area (Å²) in [4.78, 5) is 0. The molecule has 1 aromatic carbocycles. The van der Waals surface area contributed by atoms with E-state index in [-0.39, 0.29) is 11.2 Å². The van der Waals surface area contributed by atoms with Crippen LogP contribution in [0.3, 0.4) is 0 Å². The molecule has 1 rings (SSSR count). The lowest BCUT2D eigenvalue weighted by Crippen LogP contribution is -2.30. The second-order valence-electron chi connectivity index (χ2n) is 5.21. The molecule has 0 heterocycles. The molecule has 0 aliphatic carbocycles. The molecule has 18 heavy (non-hydrogen) atoms. The number of nitrogens with one attached hydrogen (secondary N) is 1. The molecule has 1 aromatic rings. The first kappa shape index (κ1) is 15.4. The average Bonchev–Trinajstić information content (AvgIpc) is 2.30. The number of benzene rings is 1. The van der Waals surface area contributed by atoms with Gasteiger partial charge in [0.15, 0.2) is 0 Å². The highest BCUT2D eigenvalue weighted by molar-refractivity contribution is 6.31. The zero-order valence-corrected chi connectivity index (χ0v) is 12.0. The second kappa shape index (κ2) is 7.07. The van der Waals surface area contributed by atoms with Crippen LogP contribution in [0.25, 0.3) is 0 Å². The van der Waals surface area contributed by atoms with E-state index in [0.717, 1.165) is 19.6 Å². The van der Waals surface area contributed by atoms with E-state index in [1.165, 1.54) is 6.07 Å². The van der Waals surface area contributed by atoms with Crippen molar-refractivity contribution in [3.8, 4) is 0 Å². The molecule has 0 aliphatic heterocycles. The van der Waals surface area contributed by atoms with Gasteiger partial charge in [0.1, 0.15) is 5.82 Å². The molecule has 102 valence electrons. The fraction of sp³-hybridized carbons (Fsp3) is 0.571. The van der Waals surface area contributed by atoms with Crippen LogP contribution >= 0.6 is 11.6 Å². The lowest BCUT2D eigenvalue weighted by molar-refractivity contribution is 0.150. The predicted molar refractivity (Wildman–Crippen MR) is 73.4 cm³/mol. The fourth-order valence-corrected chi connectivity index (χ4v) is 1.92. The van der Waals surface area contributed by atoms with Crippen LogP contribution in [0.1, 0.15) is 25.8 Å². The summed E-state index contributed by atoms with van der Waals surface area (Å²) in [5.41, 5.74) is 0.648. The van der Waals surface area contributed by atoms with Gasteiger partial charge in [-0.25, -0.2) is 4.39 Å². The molecule has 0 bridgehead atoms. The van der Waals surface area contributed by atoms with Gasteiger partial charge in [-0.05, 0) is 24.0 Å². The van der Waals surface area contributed by atoms with Crippen molar-refractivity contribution in [2.75, 3.05) is 20.3 Å². The molecule has 1 N–H and O–H groups in total. The molecule has 2 nitrogen and oxygen atoms in total. The highest BCUT2D eigenvalue weighted by Gasteiger charge is 2.17. The number of hydrogen-bond acceptors (Lipinski definition) is 2. The SMILES string of the molecule is COCCC(C)(C)CNCc1c(F)cccc1Cl. The van der Waals surface area contributed by atoms with Crippen LogP contribution in [0, 0.1) is 11.2 Å². The van der Waals surface area contributed by atoms with Crippen LogP contribution in [-0.2, 0) is 11.3 Å². The molecular formula is C14H21ClFNO. The van der Waals surface area contributed by atoms with Crippen LogP contribution in [-0.4, -0.2) is 20.3 Å². The van der Waals surface area contributed by atoms with Gasteiger partial charge >= 0.3 is 0 Å². The topological polar surface area (TPSA) is 21.3 Å². The summed E-state index contributed by atoms with van der Waals surface area (Å²) in [5.74, 6) is -0.260. The van der Waals surface area contributed by atoms with Gasteiger partial charge in [-0.15, -0.1) is 0 Å². The quantitative estimate of drug-likeness (QED) is 0.819. The second-order valence-corrected chi connectivity index (χ2v) is 5.62. The first-order valence-corrected chi connectivity index (χ1v) is 6.46. The summed E-state index contributed by atoms with van der Waals surface area (Å²) >= 11 is 5.96. The fourth-order valence-electron chi connectivity index (χ4n) is 1.69.